The van der Waals surface area contributed by atoms with Crippen molar-refractivity contribution in [3.63, 3.8) is 0 Å². The van der Waals surface area contributed by atoms with E-state index < -0.39 is 17.1 Å². The van der Waals surface area contributed by atoms with Crippen LogP contribution < -0.4 is 11.5 Å². The number of benzene rings is 1. The van der Waals surface area contributed by atoms with E-state index in [0.29, 0.717) is 5.56 Å². The molecule has 0 atom stereocenters. The van der Waals surface area contributed by atoms with Gasteiger partial charge in [-0.3, -0.25) is 0 Å². The standard InChI is InChI=1S/C9H13FN2O/c1-9(2,12)6-3-5(11)4-7(10)8(6)13/h3-4,13H,11-12H2,1-2H3. The van der Waals surface area contributed by atoms with Gasteiger partial charge in [-0.1, -0.05) is 0 Å². The summed E-state index contributed by atoms with van der Waals surface area (Å²) in [6.45, 7) is 3.34. The lowest BCUT2D eigenvalue weighted by Crippen LogP contribution is -2.29. The molecule has 0 unspecified atom stereocenters. The van der Waals surface area contributed by atoms with Crippen molar-refractivity contribution in [2.45, 2.75) is 19.4 Å². The fourth-order valence-electron chi connectivity index (χ4n) is 1.11. The van der Waals surface area contributed by atoms with Gasteiger partial charge in [0, 0.05) is 22.9 Å². The number of nitrogen functional groups attached to an aromatic ring is 1. The van der Waals surface area contributed by atoms with Gasteiger partial charge in [0.2, 0.25) is 0 Å². The molecule has 0 aliphatic carbocycles. The van der Waals surface area contributed by atoms with Gasteiger partial charge in [-0.2, -0.15) is 0 Å². The molecule has 0 aromatic heterocycles. The summed E-state index contributed by atoms with van der Waals surface area (Å²) in [5, 5.41) is 9.35. The van der Waals surface area contributed by atoms with E-state index >= 15 is 0 Å². The van der Waals surface area contributed by atoms with Crippen LogP contribution in [0.3, 0.4) is 0 Å². The van der Waals surface area contributed by atoms with Gasteiger partial charge in [0.05, 0.1) is 0 Å². The minimum absolute atomic E-state index is 0.254. The summed E-state index contributed by atoms with van der Waals surface area (Å²) >= 11 is 0. The highest BCUT2D eigenvalue weighted by atomic mass is 19.1. The van der Waals surface area contributed by atoms with Crippen molar-refractivity contribution in [3.05, 3.63) is 23.5 Å². The SMILES string of the molecule is CC(C)(N)c1cc(N)cc(F)c1O. The van der Waals surface area contributed by atoms with Crippen LogP contribution in [-0.4, -0.2) is 5.11 Å². The van der Waals surface area contributed by atoms with Gasteiger partial charge < -0.3 is 16.6 Å². The first kappa shape index (κ1) is 9.80. The minimum atomic E-state index is -0.805. The van der Waals surface area contributed by atoms with Crippen LogP contribution in [0.25, 0.3) is 0 Å². The second kappa shape index (κ2) is 2.88. The molecule has 1 aromatic rings. The lowest BCUT2D eigenvalue weighted by molar-refractivity contribution is 0.406. The van der Waals surface area contributed by atoms with E-state index in [0.717, 1.165) is 6.07 Å². The van der Waals surface area contributed by atoms with E-state index in [1.807, 2.05) is 0 Å². The normalized spacial score (nSPS) is 11.7. The summed E-state index contributed by atoms with van der Waals surface area (Å²) in [6, 6.07) is 2.53. The average molecular weight is 184 g/mol. The number of hydrogen-bond donors (Lipinski definition) is 3. The van der Waals surface area contributed by atoms with Gasteiger partial charge in [0.1, 0.15) is 0 Å². The lowest BCUT2D eigenvalue weighted by Gasteiger charge is -2.21. The highest BCUT2D eigenvalue weighted by Gasteiger charge is 2.21. The Kier molecular flexibility index (Phi) is 2.17. The number of halogens is 1. The van der Waals surface area contributed by atoms with Crippen molar-refractivity contribution < 1.29 is 9.50 Å². The molecule has 13 heavy (non-hydrogen) atoms. The van der Waals surface area contributed by atoms with Crippen LogP contribution in [0.5, 0.6) is 5.75 Å². The van der Waals surface area contributed by atoms with E-state index in [1.165, 1.54) is 6.07 Å². The van der Waals surface area contributed by atoms with Crippen LogP contribution in [-0.2, 0) is 5.54 Å². The number of phenolic OH excluding ortho intramolecular Hbond substituents is 1. The third kappa shape index (κ3) is 1.89. The zero-order chi connectivity index (χ0) is 10.2. The summed E-state index contributed by atoms with van der Waals surface area (Å²) in [6.07, 6.45) is 0. The molecular weight excluding hydrogens is 171 g/mol. The van der Waals surface area contributed by atoms with E-state index in [4.69, 9.17) is 11.5 Å². The number of phenols is 1. The molecule has 72 valence electrons. The molecule has 0 heterocycles. The predicted molar refractivity (Wildman–Crippen MR) is 49.7 cm³/mol. The highest BCUT2D eigenvalue weighted by Crippen LogP contribution is 2.31. The van der Waals surface area contributed by atoms with Gasteiger partial charge >= 0.3 is 0 Å². The number of anilines is 1. The van der Waals surface area contributed by atoms with Crippen molar-refractivity contribution >= 4 is 5.69 Å². The van der Waals surface area contributed by atoms with Gasteiger partial charge in [-0.25, -0.2) is 4.39 Å². The molecular formula is C9H13FN2O. The van der Waals surface area contributed by atoms with Crippen LogP contribution in [0.15, 0.2) is 12.1 Å². The highest BCUT2D eigenvalue weighted by molar-refractivity contribution is 5.50. The molecule has 3 nitrogen and oxygen atoms in total. The van der Waals surface area contributed by atoms with Crippen LogP contribution in [0.1, 0.15) is 19.4 Å². The summed E-state index contributed by atoms with van der Waals surface area (Å²) in [5.41, 5.74) is 10.9. The largest absolute Gasteiger partial charge is 0.505 e. The molecule has 4 heteroatoms. The fourth-order valence-corrected chi connectivity index (χ4v) is 1.11. The van der Waals surface area contributed by atoms with Crippen LogP contribution in [0.4, 0.5) is 10.1 Å². The van der Waals surface area contributed by atoms with Gasteiger partial charge in [-0.05, 0) is 19.9 Å². The molecule has 0 saturated carbocycles. The quantitative estimate of drug-likeness (QED) is 0.455. The van der Waals surface area contributed by atoms with Crippen LogP contribution in [0.2, 0.25) is 0 Å². The van der Waals surface area contributed by atoms with Crippen molar-refractivity contribution in [1.29, 1.82) is 0 Å². The van der Waals surface area contributed by atoms with Crippen LogP contribution >= 0.6 is 0 Å². The summed E-state index contributed by atoms with van der Waals surface area (Å²) in [4.78, 5) is 0. The smallest absolute Gasteiger partial charge is 0.167 e. The molecule has 0 saturated heterocycles. The maximum absolute atomic E-state index is 13.0. The zero-order valence-corrected chi connectivity index (χ0v) is 7.63. The summed E-state index contributed by atoms with van der Waals surface area (Å²) < 4.78 is 13.0. The number of rotatable bonds is 1. The molecule has 0 aliphatic rings. The lowest BCUT2D eigenvalue weighted by atomic mass is 9.94. The molecule has 0 aliphatic heterocycles. The molecule has 0 radical (unpaired) electrons. The second-order valence-corrected chi connectivity index (χ2v) is 3.62. The Morgan fingerprint density at radius 1 is 1.38 bits per heavy atom. The van der Waals surface area contributed by atoms with Gasteiger partial charge in [0.15, 0.2) is 11.6 Å². The zero-order valence-electron chi connectivity index (χ0n) is 7.63. The van der Waals surface area contributed by atoms with E-state index in [1.54, 1.807) is 13.8 Å². The second-order valence-electron chi connectivity index (χ2n) is 3.62. The first-order chi connectivity index (χ1) is 5.82. The molecule has 0 fully saturated rings. The maximum Gasteiger partial charge on any atom is 0.167 e. The van der Waals surface area contributed by atoms with Crippen molar-refractivity contribution in [2.24, 2.45) is 5.73 Å². The Hall–Kier alpha value is -1.29. The molecule has 5 N–H and O–H groups in total. The monoisotopic (exact) mass is 184 g/mol. The third-order valence-corrected chi connectivity index (χ3v) is 1.78. The topological polar surface area (TPSA) is 72.3 Å². The summed E-state index contributed by atoms with van der Waals surface area (Å²) in [7, 11) is 0. The number of hydrogen-bond acceptors (Lipinski definition) is 3. The van der Waals surface area contributed by atoms with Crippen molar-refractivity contribution in [2.75, 3.05) is 5.73 Å². The fraction of sp³-hybridized carbons (Fsp3) is 0.333. The predicted octanol–water partition coefficient (Wildman–Crippen LogP) is 1.31. The van der Waals surface area contributed by atoms with Crippen molar-refractivity contribution in [3.8, 4) is 5.75 Å². The van der Waals surface area contributed by atoms with E-state index in [9.17, 15) is 9.50 Å². The Labute approximate surface area is 76.2 Å². The van der Waals surface area contributed by atoms with Gasteiger partial charge in [0.25, 0.3) is 0 Å². The number of nitrogens with two attached hydrogens (primary N) is 2. The Bertz CT molecular complexity index is 331. The molecule has 0 bridgehead atoms. The minimum Gasteiger partial charge on any atom is -0.505 e. The maximum atomic E-state index is 13.0. The molecule has 1 aromatic carbocycles. The Balaban J connectivity index is 3.37. The molecule has 0 spiro atoms. The first-order valence-electron chi connectivity index (χ1n) is 3.89. The first-order valence-corrected chi connectivity index (χ1v) is 3.89. The number of aromatic hydroxyl groups is 1. The molecule has 0 amide bonds. The average Bonchev–Trinajstić information content (AvgIpc) is 1.94. The summed E-state index contributed by atoms with van der Waals surface area (Å²) in [5.74, 6) is -1.17. The molecule has 1 rings (SSSR count). The third-order valence-electron chi connectivity index (χ3n) is 1.78. The van der Waals surface area contributed by atoms with E-state index in [2.05, 4.69) is 0 Å². The van der Waals surface area contributed by atoms with Gasteiger partial charge in [-0.15, -0.1) is 0 Å². The van der Waals surface area contributed by atoms with Crippen LogP contribution in [0, 0.1) is 5.82 Å². The Morgan fingerprint density at radius 3 is 2.38 bits per heavy atom. The Morgan fingerprint density at radius 2 is 1.92 bits per heavy atom. The van der Waals surface area contributed by atoms with Crippen molar-refractivity contribution in [1.82, 2.24) is 0 Å². The van der Waals surface area contributed by atoms with E-state index in [-0.39, 0.29) is 5.69 Å².